The molecule has 0 aliphatic heterocycles. The lowest BCUT2D eigenvalue weighted by Gasteiger charge is -2.17. The summed E-state index contributed by atoms with van der Waals surface area (Å²) in [6.45, 7) is 4.03. The smallest absolute Gasteiger partial charge is 0.262 e. The van der Waals surface area contributed by atoms with Crippen LogP contribution in [-0.4, -0.2) is 17.6 Å². The maximum absolute atomic E-state index is 12.4. The van der Waals surface area contributed by atoms with Crippen molar-refractivity contribution in [2.75, 3.05) is 6.61 Å². The molecule has 0 spiro atoms. The van der Waals surface area contributed by atoms with E-state index in [9.17, 15) is 9.90 Å². The largest absolute Gasteiger partial charge is 0.394 e. The first-order valence-corrected chi connectivity index (χ1v) is 7.55. The molecule has 4 heteroatoms. The Morgan fingerprint density at radius 3 is 2.55 bits per heavy atom. The fourth-order valence-electron chi connectivity index (χ4n) is 2.10. The van der Waals surface area contributed by atoms with Crippen molar-refractivity contribution >= 4 is 17.2 Å². The van der Waals surface area contributed by atoms with Crippen LogP contribution in [0.5, 0.6) is 0 Å². The van der Waals surface area contributed by atoms with Crippen LogP contribution < -0.4 is 5.32 Å². The number of carbonyl (C=O) groups is 1. The Labute approximate surface area is 123 Å². The molecule has 106 valence electrons. The van der Waals surface area contributed by atoms with Gasteiger partial charge in [0.25, 0.3) is 5.91 Å². The SMILES string of the molecule is CC(C)c1ccsc1C(=O)N[C@H](CO)c1ccccc1. The molecule has 0 bridgehead atoms. The Morgan fingerprint density at radius 2 is 1.95 bits per heavy atom. The minimum absolute atomic E-state index is 0.113. The molecular weight excluding hydrogens is 270 g/mol. The molecule has 0 unspecified atom stereocenters. The summed E-state index contributed by atoms with van der Waals surface area (Å²) in [4.78, 5) is 13.1. The second-order valence-electron chi connectivity index (χ2n) is 4.98. The van der Waals surface area contributed by atoms with Crippen LogP contribution >= 0.6 is 11.3 Å². The van der Waals surface area contributed by atoms with Crippen LogP contribution in [0.4, 0.5) is 0 Å². The van der Waals surface area contributed by atoms with Crippen LogP contribution in [0, 0.1) is 0 Å². The summed E-state index contributed by atoms with van der Waals surface area (Å²) in [7, 11) is 0. The van der Waals surface area contributed by atoms with Gasteiger partial charge in [0.05, 0.1) is 17.5 Å². The Hall–Kier alpha value is -1.65. The molecule has 1 atom stereocenters. The fraction of sp³-hybridized carbons (Fsp3) is 0.312. The van der Waals surface area contributed by atoms with E-state index in [-0.39, 0.29) is 18.6 Å². The van der Waals surface area contributed by atoms with E-state index in [1.807, 2.05) is 41.8 Å². The van der Waals surface area contributed by atoms with Gasteiger partial charge in [0.2, 0.25) is 0 Å². The molecule has 1 aromatic heterocycles. The zero-order valence-electron chi connectivity index (χ0n) is 11.7. The van der Waals surface area contributed by atoms with E-state index < -0.39 is 0 Å². The van der Waals surface area contributed by atoms with Crippen molar-refractivity contribution < 1.29 is 9.90 Å². The number of hydrogen-bond acceptors (Lipinski definition) is 3. The summed E-state index contributed by atoms with van der Waals surface area (Å²) in [5.74, 6) is 0.193. The van der Waals surface area contributed by atoms with Gasteiger partial charge in [-0.25, -0.2) is 0 Å². The highest BCUT2D eigenvalue weighted by molar-refractivity contribution is 7.12. The van der Waals surface area contributed by atoms with E-state index in [1.54, 1.807) is 0 Å². The first-order valence-electron chi connectivity index (χ1n) is 6.67. The topological polar surface area (TPSA) is 49.3 Å². The Balaban J connectivity index is 2.16. The van der Waals surface area contributed by atoms with E-state index >= 15 is 0 Å². The second kappa shape index (κ2) is 6.68. The molecule has 0 aliphatic rings. The molecule has 1 amide bonds. The van der Waals surface area contributed by atoms with Crippen LogP contribution in [0.3, 0.4) is 0 Å². The van der Waals surface area contributed by atoms with Gasteiger partial charge in [0.1, 0.15) is 0 Å². The van der Waals surface area contributed by atoms with Gasteiger partial charge in [-0.05, 0) is 28.5 Å². The third-order valence-corrected chi connectivity index (χ3v) is 4.14. The highest BCUT2D eigenvalue weighted by Gasteiger charge is 2.19. The lowest BCUT2D eigenvalue weighted by Crippen LogP contribution is -2.30. The zero-order valence-corrected chi connectivity index (χ0v) is 12.5. The van der Waals surface area contributed by atoms with Crippen molar-refractivity contribution in [2.45, 2.75) is 25.8 Å². The van der Waals surface area contributed by atoms with Crippen molar-refractivity contribution in [3.05, 3.63) is 57.8 Å². The second-order valence-corrected chi connectivity index (χ2v) is 5.90. The van der Waals surface area contributed by atoms with Gasteiger partial charge in [-0.3, -0.25) is 4.79 Å². The number of carbonyl (C=O) groups excluding carboxylic acids is 1. The number of aliphatic hydroxyl groups is 1. The van der Waals surface area contributed by atoms with Gasteiger partial charge in [-0.15, -0.1) is 11.3 Å². The predicted octanol–water partition coefficient (Wildman–Crippen LogP) is 3.33. The maximum atomic E-state index is 12.4. The van der Waals surface area contributed by atoms with Crippen LogP contribution in [0.1, 0.15) is 46.6 Å². The summed E-state index contributed by atoms with van der Waals surface area (Å²) >= 11 is 1.44. The number of hydrogen-bond donors (Lipinski definition) is 2. The van der Waals surface area contributed by atoms with Gasteiger partial charge in [-0.1, -0.05) is 44.2 Å². The Bertz CT molecular complexity index is 563. The summed E-state index contributed by atoms with van der Waals surface area (Å²) < 4.78 is 0. The molecule has 2 rings (SSSR count). The number of nitrogens with one attached hydrogen (secondary N) is 1. The number of rotatable bonds is 5. The lowest BCUT2D eigenvalue weighted by molar-refractivity contribution is 0.0919. The molecule has 20 heavy (non-hydrogen) atoms. The standard InChI is InChI=1S/C16H19NO2S/c1-11(2)13-8-9-20-15(13)16(19)17-14(10-18)12-6-4-3-5-7-12/h3-9,11,14,18H,10H2,1-2H3,(H,17,19)/t14-/m1/s1. The number of aliphatic hydroxyl groups excluding tert-OH is 1. The van der Waals surface area contributed by atoms with Gasteiger partial charge in [0.15, 0.2) is 0 Å². The van der Waals surface area contributed by atoms with Crippen LogP contribution in [-0.2, 0) is 0 Å². The van der Waals surface area contributed by atoms with Crippen LogP contribution in [0.25, 0.3) is 0 Å². The molecule has 1 heterocycles. The monoisotopic (exact) mass is 289 g/mol. The van der Waals surface area contributed by atoms with E-state index in [4.69, 9.17) is 0 Å². The van der Waals surface area contributed by atoms with Gasteiger partial charge in [0, 0.05) is 0 Å². The summed E-state index contributed by atoms with van der Waals surface area (Å²) in [6.07, 6.45) is 0. The average Bonchev–Trinajstić information content (AvgIpc) is 2.95. The quantitative estimate of drug-likeness (QED) is 0.887. The number of benzene rings is 1. The minimum Gasteiger partial charge on any atom is -0.394 e. The van der Waals surface area contributed by atoms with Crippen molar-refractivity contribution in [1.82, 2.24) is 5.32 Å². The molecule has 0 fully saturated rings. The highest BCUT2D eigenvalue weighted by Crippen LogP contribution is 2.25. The van der Waals surface area contributed by atoms with Crippen molar-refractivity contribution in [3.63, 3.8) is 0 Å². The molecule has 0 saturated heterocycles. The van der Waals surface area contributed by atoms with Crippen molar-refractivity contribution in [1.29, 1.82) is 0 Å². The van der Waals surface area contributed by atoms with Gasteiger partial charge >= 0.3 is 0 Å². The summed E-state index contributed by atoms with van der Waals surface area (Å²) in [5.41, 5.74) is 1.96. The van der Waals surface area contributed by atoms with Crippen molar-refractivity contribution in [3.8, 4) is 0 Å². The average molecular weight is 289 g/mol. The van der Waals surface area contributed by atoms with Crippen LogP contribution in [0.2, 0.25) is 0 Å². The third-order valence-electron chi connectivity index (χ3n) is 3.21. The molecule has 0 radical (unpaired) electrons. The van der Waals surface area contributed by atoms with Crippen LogP contribution in [0.15, 0.2) is 41.8 Å². The van der Waals surface area contributed by atoms with E-state index in [2.05, 4.69) is 19.2 Å². The lowest BCUT2D eigenvalue weighted by atomic mass is 10.0. The first kappa shape index (κ1) is 14.8. The minimum atomic E-state index is -0.370. The van der Waals surface area contributed by atoms with Gasteiger partial charge in [-0.2, -0.15) is 0 Å². The highest BCUT2D eigenvalue weighted by atomic mass is 32.1. The van der Waals surface area contributed by atoms with E-state index in [0.717, 1.165) is 16.0 Å². The zero-order chi connectivity index (χ0) is 14.5. The van der Waals surface area contributed by atoms with E-state index in [1.165, 1.54) is 11.3 Å². The molecule has 2 N–H and O–H groups in total. The molecule has 3 nitrogen and oxygen atoms in total. The van der Waals surface area contributed by atoms with E-state index in [0.29, 0.717) is 5.92 Å². The molecular formula is C16H19NO2S. The van der Waals surface area contributed by atoms with Crippen molar-refractivity contribution in [2.24, 2.45) is 0 Å². The molecule has 0 aliphatic carbocycles. The third kappa shape index (κ3) is 3.26. The normalized spacial score (nSPS) is 12.4. The summed E-state index contributed by atoms with van der Waals surface area (Å²) in [5, 5.41) is 14.3. The predicted molar refractivity (Wildman–Crippen MR) is 82.1 cm³/mol. The first-order chi connectivity index (χ1) is 9.63. The molecule has 1 aromatic carbocycles. The Morgan fingerprint density at radius 1 is 1.25 bits per heavy atom. The number of amides is 1. The number of thiophene rings is 1. The Kier molecular flexibility index (Phi) is 4.93. The molecule has 0 saturated carbocycles. The maximum Gasteiger partial charge on any atom is 0.262 e. The van der Waals surface area contributed by atoms with Gasteiger partial charge < -0.3 is 10.4 Å². The summed E-state index contributed by atoms with van der Waals surface area (Å²) in [6, 6.07) is 11.1. The molecule has 2 aromatic rings. The fourth-order valence-corrected chi connectivity index (χ4v) is 3.06.